The maximum Gasteiger partial charge on any atom is 0.0638 e. The average molecular weight is 212 g/mol. The lowest BCUT2D eigenvalue weighted by atomic mass is 10.2. The number of thioether (sulfide) groups is 1. The number of nitriles is 1. The van der Waals surface area contributed by atoms with E-state index in [1.807, 2.05) is 11.8 Å². The SMILES string of the molecule is CSC1CCCN(C(C)CC#N)CC1. The Hall–Kier alpha value is -0.200. The van der Waals surface area contributed by atoms with Crippen LogP contribution in [0.2, 0.25) is 0 Å². The van der Waals surface area contributed by atoms with Gasteiger partial charge in [-0.25, -0.2) is 0 Å². The van der Waals surface area contributed by atoms with Gasteiger partial charge in [-0.3, -0.25) is 4.90 Å². The van der Waals surface area contributed by atoms with Gasteiger partial charge in [0.05, 0.1) is 12.5 Å². The van der Waals surface area contributed by atoms with Crippen molar-refractivity contribution < 1.29 is 0 Å². The third-order valence-corrected chi connectivity index (χ3v) is 4.19. The van der Waals surface area contributed by atoms with E-state index in [-0.39, 0.29) is 0 Å². The van der Waals surface area contributed by atoms with Crippen molar-refractivity contribution >= 4 is 11.8 Å². The molecule has 1 fully saturated rings. The van der Waals surface area contributed by atoms with Gasteiger partial charge in [-0.1, -0.05) is 0 Å². The first-order valence-electron chi connectivity index (χ1n) is 5.41. The number of rotatable bonds is 3. The summed E-state index contributed by atoms with van der Waals surface area (Å²) in [6.07, 6.45) is 6.80. The van der Waals surface area contributed by atoms with Gasteiger partial charge < -0.3 is 0 Å². The Bertz CT molecular complexity index is 200. The highest BCUT2D eigenvalue weighted by Crippen LogP contribution is 2.22. The summed E-state index contributed by atoms with van der Waals surface area (Å²) in [6, 6.07) is 2.71. The fraction of sp³-hybridized carbons (Fsp3) is 0.909. The first kappa shape index (κ1) is 11.9. The van der Waals surface area contributed by atoms with Crippen LogP contribution in [0.3, 0.4) is 0 Å². The van der Waals surface area contributed by atoms with E-state index in [0.29, 0.717) is 12.5 Å². The fourth-order valence-corrected chi connectivity index (χ4v) is 2.77. The van der Waals surface area contributed by atoms with Gasteiger partial charge in [0, 0.05) is 11.3 Å². The molecule has 2 nitrogen and oxygen atoms in total. The summed E-state index contributed by atoms with van der Waals surface area (Å²) in [4.78, 5) is 2.47. The zero-order valence-electron chi connectivity index (χ0n) is 9.20. The van der Waals surface area contributed by atoms with Crippen molar-refractivity contribution in [2.24, 2.45) is 0 Å². The van der Waals surface area contributed by atoms with E-state index in [1.165, 1.54) is 32.4 Å². The van der Waals surface area contributed by atoms with Crippen LogP contribution in [-0.2, 0) is 0 Å². The van der Waals surface area contributed by atoms with Gasteiger partial charge in [-0.15, -0.1) is 0 Å². The molecule has 0 aliphatic carbocycles. The van der Waals surface area contributed by atoms with Crippen LogP contribution in [0.5, 0.6) is 0 Å². The standard InChI is InChI=1S/C11H20N2S/c1-10(5-7-12)13-8-3-4-11(14-2)6-9-13/h10-11H,3-6,8-9H2,1-2H3. The lowest BCUT2D eigenvalue weighted by molar-refractivity contribution is 0.220. The Kier molecular flexibility index (Phi) is 5.36. The van der Waals surface area contributed by atoms with Gasteiger partial charge in [0.1, 0.15) is 0 Å². The molecule has 3 heteroatoms. The van der Waals surface area contributed by atoms with E-state index in [0.717, 1.165) is 5.25 Å². The average Bonchev–Trinajstić information content (AvgIpc) is 2.42. The third kappa shape index (κ3) is 3.51. The molecule has 80 valence electrons. The molecule has 0 spiro atoms. The molecule has 0 aromatic heterocycles. The Labute approximate surface area is 91.7 Å². The zero-order chi connectivity index (χ0) is 10.4. The lowest BCUT2D eigenvalue weighted by Crippen LogP contribution is -2.33. The highest BCUT2D eigenvalue weighted by atomic mass is 32.2. The van der Waals surface area contributed by atoms with Crippen molar-refractivity contribution in [3.8, 4) is 6.07 Å². The van der Waals surface area contributed by atoms with Gasteiger partial charge >= 0.3 is 0 Å². The van der Waals surface area contributed by atoms with E-state index in [2.05, 4.69) is 24.1 Å². The molecule has 2 atom stereocenters. The van der Waals surface area contributed by atoms with Crippen LogP contribution < -0.4 is 0 Å². The Morgan fingerprint density at radius 2 is 2.29 bits per heavy atom. The van der Waals surface area contributed by atoms with Crippen molar-refractivity contribution in [1.82, 2.24) is 4.90 Å². The van der Waals surface area contributed by atoms with Crippen LogP contribution in [0.4, 0.5) is 0 Å². The Balaban J connectivity index is 2.38. The molecule has 1 aliphatic rings. The monoisotopic (exact) mass is 212 g/mol. The van der Waals surface area contributed by atoms with Crippen molar-refractivity contribution in [2.75, 3.05) is 19.3 Å². The Morgan fingerprint density at radius 3 is 2.93 bits per heavy atom. The molecule has 0 saturated carbocycles. The second-order valence-electron chi connectivity index (χ2n) is 4.04. The minimum absolute atomic E-state index is 0.445. The molecule has 2 unspecified atom stereocenters. The third-order valence-electron chi connectivity index (χ3n) is 3.05. The molecule has 14 heavy (non-hydrogen) atoms. The van der Waals surface area contributed by atoms with Crippen LogP contribution >= 0.6 is 11.8 Å². The topological polar surface area (TPSA) is 27.0 Å². The quantitative estimate of drug-likeness (QED) is 0.719. The molecule has 1 rings (SSSR count). The predicted octanol–water partition coefficient (Wildman–Crippen LogP) is 2.51. The molecular weight excluding hydrogens is 192 g/mol. The van der Waals surface area contributed by atoms with Crippen LogP contribution in [0.15, 0.2) is 0 Å². The van der Waals surface area contributed by atoms with Crippen molar-refractivity contribution in [3.63, 3.8) is 0 Å². The minimum Gasteiger partial charge on any atom is -0.300 e. The van der Waals surface area contributed by atoms with Crippen molar-refractivity contribution in [3.05, 3.63) is 0 Å². The van der Waals surface area contributed by atoms with Crippen LogP contribution in [0.25, 0.3) is 0 Å². The number of hydrogen-bond donors (Lipinski definition) is 0. The second kappa shape index (κ2) is 6.31. The van der Waals surface area contributed by atoms with Crippen molar-refractivity contribution in [2.45, 2.75) is 43.9 Å². The predicted molar refractivity (Wildman–Crippen MR) is 62.4 cm³/mol. The van der Waals surface area contributed by atoms with Crippen LogP contribution in [0, 0.1) is 11.3 Å². The number of likely N-dealkylation sites (tertiary alicyclic amines) is 1. The summed E-state index contributed by atoms with van der Waals surface area (Å²) in [7, 11) is 0. The summed E-state index contributed by atoms with van der Waals surface area (Å²) >= 11 is 1.99. The first-order valence-corrected chi connectivity index (χ1v) is 6.70. The van der Waals surface area contributed by atoms with Crippen molar-refractivity contribution in [1.29, 1.82) is 5.26 Å². The van der Waals surface area contributed by atoms with Crippen LogP contribution in [-0.4, -0.2) is 35.5 Å². The minimum atomic E-state index is 0.445. The van der Waals surface area contributed by atoms with Gasteiger partial charge in [-0.05, 0) is 45.5 Å². The van der Waals surface area contributed by atoms with Crippen LogP contribution in [0.1, 0.15) is 32.6 Å². The molecule has 0 aromatic carbocycles. The molecule has 1 aliphatic heterocycles. The number of nitrogens with zero attached hydrogens (tertiary/aromatic N) is 2. The molecular formula is C11H20N2S. The molecule has 0 aromatic rings. The van der Waals surface area contributed by atoms with Gasteiger partial charge in [0.25, 0.3) is 0 Å². The summed E-state index contributed by atoms with van der Waals surface area (Å²) in [5.74, 6) is 0. The zero-order valence-corrected chi connectivity index (χ0v) is 10.0. The highest BCUT2D eigenvalue weighted by Gasteiger charge is 2.19. The maximum atomic E-state index is 8.66. The lowest BCUT2D eigenvalue weighted by Gasteiger charge is -2.25. The second-order valence-corrected chi connectivity index (χ2v) is 5.17. The highest BCUT2D eigenvalue weighted by molar-refractivity contribution is 7.99. The molecule has 0 radical (unpaired) electrons. The summed E-state index contributed by atoms with van der Waals surface area (Å²) < 4.78 is 0. The van der Waals surface area contributed by atoms with E-state index in [1.54, 1.807) is 0 Å². The summed E-state index contributed by atoms with van der Waals surface area (Å²) in [5.41, 5.74) is 0. The Morgan fingerprint density at radius 1 is 1.50 bits per heavy atom. The normalized spacial score (nSPS) is 26.5. The van der Waals surface area contributed by atoms with E-state index < -0.39 is 0 Å². The molecule has 0 bridgehead atoms. The first-order chi connectivity index (χ1) is 6.77. The van der Waals surface area contributed by atoms with Gasteiger partial charge in [0.2, 0.25) is 0 Å². The summed E-state index contributed by atoms with van der Waals surface area (Å²) in [5, 5.41) is 9.50. The molecule has 1 saturated heterocycles. The molecule has 0 N–H and O–H groups in total. The van der Waals surface area contributed by atoms with E-state index in [9.17, 15) is 0 Å². The van der Waals surface area contributed by atoms with E-state index in [4.69, 9.17) is 5.26 Å². The maximum absolute atomic E-state index is 8.66. The largest absolute Gasteiger partial charge is 0.300 e. The van der Waals surface area contributed by atoms with Gasteiger partial charge in [0.15, 0.2) is 0 Å². The number of hydrogen-bond acceptors (Lipinski definition) is 3. The summed E-state index contributed by atoms with van der Waals surface area (Å²) in [6.45, 7) is 4.52. The van der Waals surface area contributed by atoms with Gasteiger partial charge in [-0.2, -0.15) is 17.0 Å². The fourth-order valence-electron chi connectivity index (χ4n) is 2.03. The molecule has 0 amide bonds. The van der Waals surface area contributed by atoms with E-state index >= 15 is 0 Å². The molecule has 1 heterocycles. The smallest absolute Gasteiger partial charge is 0.0638 e.